The minimum Gasteiger partial charge on any atom is -0.330 e. The molecule has 0 aliphatic rings. The molecule has 1 rings (SSSR count). The highest BCUT2D eigenvalue weighted by Gasteiger charge is 2.21. The molecule has 0 bridgehead atoms. The Morgan fingerprint density at radius 2 is 1.94 bits per heavy atom. The fraction of sp³-hybridized carbons (Fsp3) is 0.538. The molecule has 1 aromatic rings. The van der Waals surface area contributed by atoms with Crippen LogP contribution in [0.5, 0.6) is 0 Å². The second-order valence-corrected chi connectivity index (χ2v) is 7.04. The number of hydrogen-bond donors (Lipinski definition) is 1. The van der Waals surface area contributed by atoms with Gasteiger partial charge in [0.05, 0.1) is 11.0 Å². The third kappa shape index (κ3) is 3.82. The molecule has 4 heteroatoms. The van der Waals surface area contributed by atoms with Crippen LogP contribution < -0.4 is 5.73 Å². The Kier molecular flexibility index (Phi) is 4.71. The van der Waals surface area contributed by atoms with Gasteiger partial charge >= 0.3 is 0 Å². The first-order valence-electron chi connectivity index (χ1n) is 5.84. The van der Waals surface area contributed by atoms with Gasteiger partial charge in [-0.25, -0.2) is 8.42 Å². The summed E-state index contributed by atoms with van der Waals surface area (Å²) in [6, 6.07) is 5.91. The fourth-order valence-corrected chi connectivity index (χ4v) is 3.25. The van der Waals surface area contributed by atoms with Crippen molar-refractivity contribution in [1.29, 1.82) is 0 Å². The maximum absolute atomic E-state index is 12.1. The molecule has 1 unspecified atom stereocenters. The van der Waals surface area contributed by atoms with Gasteiger partial charge in [-0.2, -0.15) is 0 Å². The highest BCUT2D eigenvalue weighted by atomic mass is 32.2. The molecular weight excluding hydrogens is 234 g/mol. The summed E-state index contributed by atoms with van der Waals surface area (Å²) in [6.45, 7) is 6.05. The van der Waals surface area contributed by atoms with Gasteiger partial charge < -0.3 is 5.73 Å². The second-order valence-electron chi connectivity index (χ2n) is 4.63. The van der Waals surface area contributed by atoms with Crippen LogP contribution in [0.4, 0.5) is 0 Å². The lowest BCUT2D eigenvalue weighted by molar-refractivity contribution is 0.577. The fourth-order valence-electron chi connectivity index (χ4n) is 1.73. The third-order valence-corrected chi connectivity index (χ3v) is 5.22. The lowest BCUT2D eigenvalue weighted by Gasteiger charge is -2.13. The maximum Gasteiger partial charge on any atom is 0.157 e. The van der Waals surface area contributed by atoms with Crippen LogP contribution in [0, 0.1) is 13.8 Å². The molecule has 0 aliphatic carbocycles. The average molecular weight is 255 g/mol. The van der Waals surface area contributed by atoms with Gasteiger partial charge in [-0.3, -0.25) is 0 Å². The van der Waals surface area contributed by atoms with E-state index < -0.39 is 9.84 Å². The maximum atomic E-state index is 12.1. The lowest BCUT2D eigenvalue weighted by Crippen LogP contribution is -2.23. The van der Waals surface area contributed by atoms with Crippen molar-refractivity contribution >= 4 is 9.84 Å². The Hall–Kier alpha value is -0.870. The highest BCUT2D eigenvalue weighted by molar-refractivity contribution is 7.91. The molecule has 0 heterocycles. The van der Waals surface area contributed by atoms with Gasteiger partial charge in [0.1, 0.15) is 0 Å². The van der Waals surface area contributed by atoms with Crippen molar-refractivity contribution in [3.05, 3.63) is 34.9 Å². The Bertz CT molecular complexity index is 480. The molecule has 1 atom stereocenters. The lowest BCUT2D eigenvalue weighted by atomic mass is 10.1. The number of sulfone groups is 1. The van der Waals surface area contributed by atoms with Crippen LogP contribution in [0.2, 0.25) is 0 Å². The summed E-state index contributed by atoms with van der Waals surface area (Å²) in [7, 11) is -3.09. The normalized spacial score (nSPS) is 13.6. The zero-order valence-corrected chi connectivity index (χ0v) is 11.5. The van der Waals surface area contributed by atoms with Crippen molar-refractivity contribution in [2.75, 3.05) is 6.54 Å². The third-order valence-electron chi connectivity index (χ3n) is 3.05. The Labute approximate surface area is 104 Å². The minimum atomic E-state index is -3.09. The standard InChI is InChI=1S/C13H21NO2S/c1-10-4-5-11(2)13(8-10)9-17(15,16)12(3)6-7-14/h4-5,8,12H,6-7,9,14H2,1-3H3. The smallest absolute Gasteiger partial charge is 0.157 e. The number of nitrogens with two attached hydrogens (primary N) is 1. The zero-order chi connectivity index (χ0) is 13.1. The molecule has 0 saturated carbocycles. The zero-order valence-electron chi connectivity index (χ0n) is 10.7. The minimum absolute atomic E-state index is 0.113. The number of hydrogen-bond acceptors (Lipinski definition) is 3. The van der Waals surface area contributed by atoms with Crippen LogP contribution in [0.1, 0.15) is 30.0 Å². The molecule has 0 fully saturated rings. The number of aryl methyl sites for hydroxylation is 2. The van der Waals surface area contributed by atoms with E-state index in [0.717, 1.165) is 16.7 Å². The molecule has 1 aromatic carbocycles. The molecule has 17 heavy (non-hydrogen) atoms. The molecule has 0 aromatic heterocycles. The van der Waals surface area contributed by atoms with Crippen molar-refractivity contribution in [2.45, 2.75) is 38.2 Å². The van der Waals surface area contributed by atoms with E-state index in [1.807, 2.05) is 32.0 Å². The molecular formula is C13H21NO2S. The summed E-state index contributed by atoms with van der Waals surface area (Å²) < 4.78 is 24.2. The van der Waals surface area contributed by atoms with Gasteiger partial charge in [0.25, 0.3) is 0 Å². The summed E-state index contributed by atoms with van der Waals surface area (Å²) in [6.07, 6.45) is 0.521. The van der Waals surface area contributed by atoms with Crippen LogP contribution in [0.15, 0.2) is 18.2 Å². The summed E-state index contributed by atoms with van der Waals surface area (Å²) in [5.74, 6) is 0.113. The molecule has 0 amide bonds. The largest absolute Gasteiger partial charge is 0.330 e. The number of rotatable bonds is 5. The van der Waals surface area contributed by atoms with Gasteiger partial charge in [0.2, 0.25) is 0 Å². The average Bonchev–Trinajstić information content (AvgIpc) is 2.23. The van der Waals surface area contributed by atoms with Crippen LogP contribution in [-0.4, -0.2) is 20.2 Å². The molecule has 3 nitrogen and oxygen atoms in total. The summed E-state index contributed by atoms with van der Waals surface area (Å²) in [5.41, 5.74) is 8.42. The van der Waals surface area contributed by atoms with E-state index in [2.05, 4.69) is 0 Å². The molecule has 2 N–H and O–H groups in total. The first kappa shape index (κ1) is 14.2. The van der Waals surface area contributed by atoms with Gasteiger partial charge in [-0.05, 0) is 44.9 Å². The molecule has 0 aliphatic heterocycles. The van der Waals surface area contributed by atoms with Crippen molar-refractivity contribution in [2.24, 2.45) is 5.73 Å². The van der Waals surface area contributed by atoms with Gasteiger partial charge in [-0.1, -0.05) is 23.8 Å². The Morgan fingerprint density at radius 3 is 2.53 bits per heavy atom. The van der Waals surface area contributed by atoms with Crippen molar-refractivity contribution < 1.29 is 8.42 Å². The monoisotopic (exact) mass is 255 g/mol. The van der Waals surface area contributed by atoms with Crippen LogP contribution >= 0.6 is 0 Å². The van der Waals surface area contributed by atoms with E-state index in [1.54, 1.807) is 6.92 Å². The Balaban J connectivity index is 2.94. The molecule has 96 valence electrons. The summed E-state index contributed by atoms with van der Waals surface area (Å²) in [5, 5.41) is -0.368. The number of benzene rings is 1. The quantitative estimate of drug-likeness (QED) is 0.875. The van der Waals surface area contributed by atoms with Gasteiger partial charge in [0, 0.05) is 0 Å². The SMILES string of the molecule is Cc1ccc(C)c(CS(=O)(=O)C(C)CCN)c1. The summed E-state index contributed by atoms with van der Waals surface area (Å²) >= 11 is 0. The summed E-state index contributed by atoms with van der Waals surface area (Å²) in [4.78, 5) is 0. The molecule has 0 spiro atoms. The Morgan fingerprint density at radius 1 is 1.29 bits per heavy atom. The van der Waals surface area contributed by atoms with Crippen molar-refractivity contribution in [3.63, 3.8) is 0 Å². The van der Waals surface area contributed by atoms with Gasteiger partial charge in [0.15, 0.2) is 9.84 Å². The highest BCUT2D eigenvalue weighted by Crippen LogP contribution is 2.17. The van der Waals surface area contributed by atoms with E-state index in [-0.39, 0.29) is 11.0 Å². The molecule has 0 saturated heterocycles. The van der Waals surface area contributed by atoms with E-state index in [0.29, 0.717) is 13.0 Å². The van der Waals surface area contributed by atoms with E-state index >= 15 is 0 Å². The van der Waals surface area contributed by atoms with Crippen LogP contribution in [-0.2, 0) is 15.6 Å². The van der Waals surface area contributed by atoms with Crippen molar-refractivity contribution in [1.82, 2.24) is 0 Å². The topological polar surface area (TPSA) is 60.2 Å². The van der Waals surface area contributed by atoms with E-state index in [1.165, 1.54) is 0 Å². The first-order chi connectivity index (χ1) is 7.86. The first-order valence-corrected chi connectivity index (χ1v) is 7.56. The predicted molar refractivity (Wildman–Crippen MR) is 71.7 cm³/mol. The second kappa shape index (κ2) is 5.65. The van der Waals surface area contributed by atoms with Gasteiger partial charge in [-0.15, -0.1) is 0 Å². The van der Waals surface area contributed by atoms with E-state index in [9.17, 15) is 8.42 Å². The molecule has 0 radical (unpaired) electrons. The van der Waals surface area contributed by atoms with Crippen molar-refractivity contribution in [3.8, 4) is 0 Å². The van der Waals surface area contributed by atoms with Crippen LogP contribution in [0.25, 0.3) is 0 Å². The van der Waals surface area contributed by atoms with Crippen LogP contribution in [0.3, 0.4) is 0 Å². The van der Waals surface area contributed by atoms with E-state index in [4.69, 9.17) is 5.73 Å². The predicted octanol–water partition coefficient (Wildman–Crippen LogP) is 1.96.